The monoisotopic (exact) mass is 370 g/mol. The van der Waals surface area contributed by atoms with Crippen LogP contribution in [0.2, 0.25) is 0 Å². The minimum Gasteiger partial charge on any atom is -0.342 e. The van der Waals surface area contributed by atoms with Crippen LogP contribution < -0.4 is 4.72 Å². The summed E-state index contributed by atoms with van der Waals surface area (Å²) in [5.74, 6) is 1.19. The van der Waals surface area contributed by atoms with E-state index in [2.05, 4.69) is 4.72 Å². The standard InChI is InChI=1S/C17H26N2O3S2/c1-14-5-7-16(8-6-14)24(21,22)18-12-15-4-3-10-19(13-15)17(20)9-11-23-2/h5-8,15,18H,3-4,9-13H2,1-2H3. The topological polar surface area (TPSA) is 66.5 Å². The van der Waals surface area contributed by atoms with Gasteiger partial charge in [-0.2, -0.15) is 11.8 Å². The molecule has 0 bridgehead atoms. The summed E-state index contributed by atoms with van der Waals surface area (Å²) in [7, 11) is -3.49. The highest BCUT2D eigenvalue weighted by Crippen LogP contribution is 2.18. The zero-order chi connectivity index (χ0) is 17.6. The fraction of sp³-hybridized carbons (Fsp3) is 0.588. The predicted octanol–water partition coefficient (Wildman–Crippen LogP) is 2.27. The Hall–Kier alpha value is -1.05. The quantitative estimate of drug-likeness (QED) is 0.799. The second kappa shape index (κ2) is 8.87. The maximum absolute atomic E-state index is 12.3. The van der Waals surface area contributed by atoms with Crippen molar-refractivity contribution in [1.82, 2.24) is 9.62 Å². The van der Waals surface area contributed by atoms with Crippen LogP contribution in [0.15, 0.2) is 29.2 Å². The average Bonchev–Trinajstić information content (AvgIpc) is 2.58. The Bertz CT molecular complexity index is 644. The molecule has 24 heavy (non-hydrogen) atoms. The van der Waals surface area contributed by atoms with Crippen LogP contribution in [0, 0.1) is 12.8 Å². The smallest absolute Gasteiger partial charge is 0.240 e. The third-order valence-corrected chi connectivity index (χ3v) is 6.34. The molecule has 1 heterocycles. The third-order valence-electron chi connectivity index (χ3n) is 4.29. The van der Waals surface area contributed by atoms with Crippen molar-refractivity contribution < 1.29 is 13.2 Å². The first kappa shape index (κ1) is 19.3. The highest BCUT2D eigenvalue weighted by Gasteiger charge is 2.25. The second-order valence-electron chi connectivity index (χ2n) is 6.26. The number of rotatable bonds is 7. The molecule has 2 rings (SSSR count). The number of sulfonamides is 1. The minimum atomic E-state index is -3.49. The van der Waals surface area contributed by atoms with E-state index in [4.69, 9.17) is 0 Å². The van der Waals surface area contributed by atoms with Crippen molar-refractivity contribution in [2.75, 3.05) is 31.6 Å². The molecular formula is C17H26N2O3S2. The Morgan fingerprint density at radius 1 is 1.33 bits per heavy atom. The van der Waals surface area contributed by atoms with Gasteiger partial charge in [0.05, 0.1) is 4.90 Å². The Labute approximate surface area is 149 Å². The first-order valence-electron chi connectivity index (χ1n) is 8.25. The lowest BCUT2D eigenvalue weighted by atomic mass is 9.98. The Balaban J connectivity index is 1.89. The van der Waals surface area contributed by atoms with Gasteiger partial charge in [0.15, 0.2) is 0 Å². The molecule has 5 nitrogen and oxygen atoms in total. The summed E-state index contributed by atoms with van der Waals surface area (Å²) in [6, 6.07) is 6.83. The van der Waals surface area contributed by atoms with E-state index >= 15 is 0 Å². The maximum Gasteiger partial charge on any atom is 0.240 e. The second-order valence-corrected chi connectivity index (χ2v) is 9.01. The normalized spacial score (nSPS) is 18.6. The van der Waals surface area contributed by atoms with E-state index in [0.717, 1.165) is 30.7 Å². The number of amides is 1. The number of hydrogen-bond donors (Lipinski definition) is 1. The number of benzene rings is 1. The van der Waals surface area contributed by atoms with E-state index in [1.54, 1.807) is 36.0 Å². The number of nitrogens with zero attached hydrogens (tertiary/aromatic N) is 1. The van der Waals surface area contributed by atoms with Crippen LogP contribution in [0.25, 0.3) is 0 Å². The van der Waals surface area contributed by atoms with Gasteiger partial charge in [-0.1, -0.05) is 17.7 Å². The summed E-state index contributed by atoms with van der Waals surface area (Å²) in [5, 5.41) is 0. The van der Waals surface area contributed by atoms with Crippen molar-refractivity contribution in [3.8, 4) is 0 Å². The van der Waals surface area contributed by atoms with Gasteiger partial charge in [0, 0.05) is 31.8 Å². The molecule has 1 atom stereocenters. The Morgan fingerprint density at radius 2 is 2.04 bits per heavy atom. The molecule has 7 heteroatoms. The molecule has 1 amide bonds. The van der Waals surface area contributed by atoms with Crippen molar-refractivity contribution in [2.45, 2.75) is 31.1 Å². The maximum atomic E-state index is 12.3. The molecular weight excluding hydrogens is 344 g/mol. The third kappa shape index (κ3) is 5.50. The molecule has 1 aromatic rings. The van der Waals surface area contributed by atoms with Crippen molar-refractivity contribution in [2.24, 2.45) is 5.92 Å². The molecule has 0 aromatic heterocycles. The van der Waals surface area contributed by atoms with E-state index in [-0.39, 0.29) is 16.7 Å². The average molecular weight is 371 g/mol. The predicted molar refractivity (Wildman–Crippen MR) is 98.7 cm³/mol. The fourth-order valence-electron chi connectivity index (χ4n) is 2.83. The first-order chi connectivity index (χ1) is 11.4. The molecule has 0 aliphatic carbocycles. The highest BCUT2D eigenvalue weighted by molar-refractivity contribution is 7.98. The van der Waals surface area contributed by atoms with Crippen molar-refractivity contribution >= 4 is 27.7 Å². The van der Waals surface area contributed by atoms with E-state index in [0.29, 0.717) is 19.5 Å². The zero-order valence-corrected chi connectivity index (χ0v) is 16.0. The Kier molecular flexibility index (Phi) is 7.13. The van der Waals surface area contributed by atoms with Gasteiger partial charge in [0.25, 0.3) is 0 Å². The lowest BCUT2D eigenvalue weighted by Gasteiger charge is -2.33. The molecule has 1 unspecified atom stereocenters. The zero-order valence-electron chi connectivity index (χ0n) is 14.3. The van der Waals surface area contributed by atoms with Gasteiger partial charge < -0.3 is 4.90 Å². The molecule has 1 aliphatic rings. The summed E-state index contributed by atoms with van der Waals surface area (Å²) in [5.41, 5.74) is 1.03. The highest BCUT2D eigenvalue weighted by atomic mass is 32.2. The summed E-state index contributed by atoms with van der Waals surface area (Å²) >= 11 is 1.67. The number of thioether (sulfide) groups is 1. The summed E-state index contributed by atoms with van der Waals surface area (Å²) in [6.45, 7) is 3.73. The summed E-state index contributed by atoms with van der Waals surface area (Å²) in [4.78, 5) is 14.3. The van der Waals surface area contributed by atoms with Crippen molar-refractivity contribution in [3.63, 3.8) is 0 Å². The molecule has 0 radical (unpaired) electrons. The van der Waals surface area contributed by atoms with Gasteiger partial charge in [-0.3, -0.25) is 4.79 Å². The van der Waals surface area contributed by atoms with Crippen LogP contribution in [0.4, 0.5) is 0 Å². The number of carbonyl (C=O) groups is 1. The van der Waals surface area contributed by atoms with Gasteiger partial charge in [-0.05, 0) is 44.1 Å². The van der Waals surface area contributed by atoms with E-state index in [9.17, 15) is 13.2 Å². The number of hydrogen-bond acceptors (Lipinski definition) is 4. The number of carbonyl (C=O) groups excluding carboxylic acids is 1. The molecule has 1 N–H and O–H groups in total. The van der Waals surface area contributed by atoms with Gasteiger partial charge >= 0.3 is 0 Å². The summed E-state index contributed by atoms with van der Waals surface area (Å²) in [6.07, 6.45) is 4.43. The van der Waals surface area contributed by atoms with Crippen molar-refractivity contribution in [3.05, 3.63) is 29.8 Å². The van der Waals surface area contributed by atoms with Crippen LogP contribution >= 0.6 is 11.8 Å². The van der Waals surface area contributed by atoms with Crippen LogP contribution in [-0.4, -0.2) is 50.9 Å². The molecule has 134 valence electrons. The van der Waals surface area contributed by atoms with E-state index < -0.39 is 10.0 Å². The van der Waals surface area contributed by atoms with Gasteiger partial charge in [0.1, 0.15) is 0 Å². The van der Waals surface area contributed by atoms with E-state index in [1.807, 2.05) is 18.1 Å². The number of aryl methyl sites for hydroxylation is 1. The lowest BCUT2D eigenvalue weighted by Crippen LogP contribution is -2.43. The van der Waals surface area contributed by atoms with Crippen LogP contribution in [-0.2, 0) is 14.8 Å². The molecule has 1 saturated heterocycles. The van der Waals surface area contributed by atoms with E-state index in [1.165, 1.54) is 0 Å². The van der Waals surface area contributed by atoms with Gasteiger partial charge in [-0.15, -0.1) is 0 Å². The number of piperidine rings is 1. The molecule has 1 aliphatic heterocycles. The SMILES string of the molecule is CSCCC(=O)N1CCCC(CNS(=O)(=O)c2ccc(C)cc2)C1. The minimum absolute atomic E-state index is 0.176. The molecule has 1 aromatic carbocycles. The van der Waals surface area contributed by atoms with Gasteiger partial charge in [0.2, 0.25) is 15.9 Å². The largest absolute Gasteiger partial charge is 0.342 e. The first-order valence-corrected chi connectivity index (χ1v) is 11.1. The Morgan fingerprint density at radius 3 is 2.71 bits per heavy atom. The number of likely N-dealkylation sites (tertiary alicyclic amines) is 1. The summed E-state index contributed by atoms with van der Waals surface area (Å²) < 4.78 is 27.4. The lowest BCUT2D eigenvalue weighted by molar-refractivity contribution is -0.132. The van der Waals surface area contributed by atoms with Gasteiger partial charge in [-0.25, -0.2) is 13.1 Å². The van der Waals surface area contributed by atoms with Crippen molar-refractivity contribution in [1.29, 1.82) is 0 Å². The van der Waals surface area contributed by atoms with Crippen LogP contribution in [0.1, 0.15) is 24.8 Å². The fourth-order valence-corrected chi connectivity index (χ4v) is 4.33. The number of nitrogens with one attached hydrogen (secondary N) is 1. The van der Waals surface area contributed by atoms with Crippen LogP contribution in [0.5, 0.6) is 0 Å². The molecule has 0 spiro atoms. The molecule has 1 fully saturated rings. The van der Waals surface area contributed by atoms with Crippen LogP contribution in [0.3, 0.4) is 0 Å². The molecule has 0 saturated carbocycles.